The highest BCUT2D eigenvalue weighted by molar-refractivity contribution is 6.30. The average molecular weight is 365 g/mol. The van der Waals surface area contributed by atoms with Crippen molar-refractivity contribution in [1.29, 1.82) is 0 Å². The van der Waals surface area contributed by atoms with E-state index in [-0.39, 0.29) is 24.2 Å². The molecule has 3 rings (SSSR count). The Morgan fingerprint density at radius 3 is 2.75 bits per heavy atom. The quantitative estimate of drug-likeness (QED) is 0.785. The second kappa shape index (κ2) is 8.52. The molecule has 24 heavy (non-hydrogen) atoms. The summed E-state index contributed by atoms with van der Waals surface area (Å²) in [6.07, 6.45) is 0.892. The van der Waals surface area contributed by atoms with Crippen LogP contribution in [0.2, 0.25) is 5.02 Å². The second-order valence-corrected chi connectivity index (χ2v) is 6.41. The van der Waals surface area contributed by atoms with Gasteiger partial charge in [0, 0.05) is 23.2 Å². The molecule has 3 nitrogen and oxygen atoms in total. The predicted molar refractivity (Wildman–Crippen MR) is 102 cm³/mol. The van der Waals surface area contributed by atoms with Crippen molar-refractivity contribution in [1.82, 2.24) is 5.32 Å². The van der Waals surface area contributed by atoms with Crippen molar-refractivity contribution in [2.24, 2.45) is 5.92 Å². The van der Waals surface area contributed by atoms with Crippen molar-refractivity contribution in [3.05, 3.63) is 64.7 Å². The fourth-order valence-corrected chi connectivity index (χ4v) is 3.05. The molecule has 1 amide bonds. The smallest absolute Gasteiger partial charge is 0.228 e. The van der Waals surface area contributed by atoms with Crippen LogP contribution in [0.15, 0.2) is 48.5 Å². The Bertz CT molecular complexity index is 705. The maximum atomic E-state index is 12.4. The number of nitrogens with one attached hydrogen (secondary N) is 2. The molecule has 0 heterocycles. The minimum Gasteiger partial charge on any atom is -0.326 e. The van der Waals surface area contributed by atoms with E-state index in [1.807, 2.05) is 42.5 Å². The van der Waals surface area contributed by atoms with Crippen LogP contribution in [0.1, 0.15) is 30.4 Å². The largest absolute Gasteiger partial charge is 0.326 e. The zero-order valence-electron chi connectivity index (χ0n) is 13.6. The number of hydrogen-bond acceptors (Lipinski definition) is 2. The van der Waals surface area contributed by atoms with Gasteiger partial charge >= 0.3 is 0 Å². The van der Waals surface area contributed by atoms with Crippen molar-refractivity contribution >= 4 is 35.6 Å². The van der Waals surface area contributed by atoms with Crippen LogP contribution < -0.4 is 10.6 Å². The van der Waals surface area contributed by atoms with Gasteiger partial charge in [0.2, 0.25) is 5.91 Å². The molecular weight excluding hydrogens is 343 g/mol. The van der Waals surface area contributed by atoms with E-state index in [0.29, 0.717) is 5.92 Å². The third-order valence-corrected chi connectivity index (χ3v) is 4.41. The molecule has 1 fully saturated rings. The van der Waals surface area contributed by atoms with E-state index in [1.54, 1.807) is 0 Å². The summed E-state index contributed by atoms with van der Waals surface area (Å²) < 4.78 is 0. The minimum absolute atomic E-state index is 0. The molecule has 0 bridgehead atoms. The number of carbonyl (C=O) groups is 1. The van der Waals surface area contributed by atoms with Gasteiger partial charge in [0.05, 0.1) is 0 Å². The maximum absolute atomic E-state index is 12.4. The lowest BCUT2D eigenvalue weighted by Crippen LogP contribution is -2.15. The van der Waals surface area contributed by atoms with Gasteiger partial charge in [-0.3, -0.25) is 4.79 Å². The normalized spacial score (nSPS) is 18.6. The standard InChI is InChI=1S/C19H21ClN2O.ClH/c1-2-21-12-13-5-3-8-16(9-13)22-19(23)18-11-17(18)14-6-4-7-15(20)10-14;/h3-10,17-18,21H,2,11-12H2,1H3,(H,22,23);1H. The van der Waals surface area contributed by atoms with Gasteiger partial charge < -0.3 is 10.6 Å². The number of amides is 1. The predicted octanol–water partition coefficient (Wildman–Crippen LogP) is 4.61. The summed E-state index contributed by atoms with van der Waals surface area (Å²) >= 11 is 6.03. The summed E-state index contributed by atoms with van der Waals surface area (Å²) in [6, 6.07) is 15.8. The second-order valence-electron chi connectivity index (χ2n) is 5.97. The van der Waals surface area contributed by atoms with Gasteiger partial charge in [-0.05, 0) is 54.3 Å². The van der Waals surface area contributed by atoms with Crippen LogP contribution in [0.3, 0.4) is 0 Å². The number of anilines is 1. The molecular formula is C19H22Cl2N2O. The Hall–Kier alpha value is -1.55. The van der Waals surface area contributed by atoms with Gasteiger partial charge in [0.15, 0.2) is 0 Å². The van der Waals surface area contributed by atoms with Crippen LogP contribution in [-0.2, 0) is 11.3 Å². The zero-order chi connectivity index (χ0) is 16.2. The van der Waals surface area contributed by atoms with E-state index >= 15 is 0 Å². The maximum Gasteiger partial charge on any atom is 0.228 e. The van der Waals surface area contributed by atoms with Crippen LogP contribution in [-0.4, -0.2) is 12.5 Å². The van der Waals surface area contributed by atoms with Crippen LogP contribution >= 0.6 is 24.0 Å². The Morgan fingerprint density at radius 1 is 1.21 bits per heavy atom. The lowest BCUT2D eigenvalue weighted by Gasteiger charge is -2.08. The van der Waals surface area contributed by atoms with E-state index in [1.165, 1.54) is 5.56 Å². The van der Waals surface area contributed by atoms with E-state index in [9.17, 15) is 4.79 Å². The monoisotopic (exact) mass is 364 g/mol. The molecule has 1 aliphatic rings. The number of rotatable bonds is 6. The Morgan fingerprint density at radius 2 is 2.00 bits per heavy atom. The summed E-state index contributed by atoms with van der Waals surface area (Å²) in [6.45, 7) is 3.82. The summed E-state index contributed by atoms with van der Waals surface area (Å²) in [5, 5.41) is 7.05. The highest BCUT2D eigenvalue weighted by Gasteiger charge is 2.43. The van der Waals surface area contributed by atoms with E-state index in [0.717, 1.165) is 35.8 Å². The molecule has 2 atom stereocenters. The summed E-state index contributed by atoms with van der Waals surface area (Å²) in [5.41, 5.74) is 3.19. The summed E-state index contributed by atoms with van der Waals surface area (Å²) in [7, 11) is 0. The first kappa shape index (κ1) is 18.8. The van der Waals surface area contributed by atoms with Gasteiger partial charge in [0.25, 0.3) is 0 Å². The van der Waals surface area contributed by atoms with Gasteiger partial charge in [-0.25, -0.2) is 0 Å². The van der Waals surface area contributed by atoms with E-state index in [2.05, 4.69) is 23.6 Å². The van der Waals surface area contributed by atoms with Crippen molar-refractivity contribution in [2.45, 2.75) is 25.8 Å². The molecule has 128 valence electrons. The molecule has 2 aromatic rings. The lowest BCUT2D eigenvalue weighted by molar-refractivity contribution is -0.117. The third kappa shape index (κ3) is 4.73. The molecule has 2 N–H and O–H groups in total. The highest BCUT2D eigenvalue weighted by Crippen LogP contribution is 2.48. The minimum atomic E-state index is 0. The molecule has 0 aliphatic heterocycles. The number of benzene rings is 2. The van der Waals surface area contributed by atoms with Crippen LogP contribution in [0, 0.1) is 5.92 Å². The summed E-state index contributed by atoms with van der Waals surface area (Å²) in [4.78, 5) is 12.4. The van der Waals surface area contributed by atoms with Gasteiger partial charge in [0.1, 0.15) is 0 Å². The number of carbonyl (C=O) groups excluding carboxylic acids is 1. The first-order chi connectivity index (χ1) is 11.2. The SMILES string of the molecule is CCNCc1cccc(NC(=O)C2CC2c2cccc(Cl)c2)c1.Cl. The molecule has 2 unspecified atom stereocenters. The summed E-state index contributed by atoms with van der Waals surface area (Å²) in [5.74, 6) is 0.431. The Kier molecular flexibility index (Phi) is 6.67. The van der Waals surface area contributed by atoms with E-state index in [4.69, 9.17) is 11.6 Å². The fourth-order valence-electron chi connectivity index (χ4n) is 2.85. The fraction of sp³-hybridized carbons (Fsp3) is 0.316. The Balaban J connectivity index is 0.00000208. The van der Waals surface area contributed by atoms with Crippen molar-refractivity contribution in [2.75, 3.05) is 11.9 Å². The van der Waals surface area contributed by atoms with Crippen molar-refractivity contribution in [3.8, 4) is 0 Å². The van der Waals surface area contributed by atoms with Crippen LogP contribution in [0.4, 0.5) is 5.69 Å². The molecule has 0 spiro atoms. The molecule has 0 saturated heterocycles. The van der Waals surface area contributed by atoms with Gasteiger partial charge in [-0.2, -0.15) is 0 Å². The molecule has 0 aromatic heterocycles. The van der Waals surface area contributed by atoms with Crippen molar-refractivity contribution < 1.29 is 4.79 Å². The van der Waals surface area contributed by atoms with Crippen molar-refractivity contribution in [3.63, 3.8) is 0 Å². The number of hydrogen-bond donors (Lipinski definition) is 2. The molecule has 5 heteroatoms. The third-order valence-electron chi connectivity index (χ3n) is 4.18. The molecule has 1 saturated carbocycles. The first-order valence-electron chi connectivity index (χ1n) is 8.03. The highest BCUT2D eigenvalue weighted by atomic mass is 35.5. The molecule has 1 aliphatic carbocycles. The average Bonchev–Trinajstić information content (AvgIpc) is 3.34. The lowest BCUT2D eigenvalue weighted by atomic mass is 10.1. The topological polar surface area (TPSA) is 41.1 Å². The van der Waals surface area contributed by atoms with Crippen LogP contribution in [0.5, 0.6) is 0 Å². The molecule has 2 aromatic carbocycles. The Labute approximate surface area is 154 Å². The number of halogens is 2. The van der Waals surface area contributed by atoms with Gasteiger partial charge in [-0.15, -0.1) is 12.4 Å². The van der Waals surface area contributed by atoms with E-state index < -0.39 is 0 Å². The molecule has 0 radical (unpaired) electrons. The first-order valence-corrected chi connectivity index (χ1v) is 8.41. The van der Waals surface area contributed by atoms with Gasteiger partial charge in [-0.1, -0.05) is 42.8 Å². The van der Waals surface area contributed by atoms with Crippen LogP contribution in [0.25, 0.3) is 0 Å². The zero-order valence-corrected chi connectivity index (χ0v) is 15.2.